The van der Waals surface area contributed by atoms with E-state index < -0.39 is 47.2 Å². The fourth-order valence-corrected chi connectivity index (χ4v) is 5.71. The third kappa shape index (κ3) is 7.56. The summed E-state index contributed by atoms with van der Waals surface area (Å²) in [5.74, 6) is -2.38. The van der Waals surface area contributed by atoms with Crippen LogP contribution in [0.3, 0.4) is 0 Å². The summed E-state index contributed by atoms with van der Waals surface area (Å²) in [5.41, 5.74) is -0.681. The maximum atomic E-state index is 14.1. The fourth-order valence-electron chi connectivity index (χ4n) is 5.71. The molecule has 268 valence electrons. The molecule has 53 heavy (non-hydrogen) atoms. The number of allylic oxidation sites excluding steroid dienone is 2. The molecule has 0 aliphatic heterocycles. The first-order valence-corrected chi connectivity index (χ1v) is 16.3. The van der Waals surface area contributed by atoms with Gasteiger partial charge >= 0.3 is 6.09 Å². The van der Waals surface area contributed by atoms with E-state index in [-0.39, 0.29) is 41.0 Å². The second-order valence-corrected chi connectivity index (χ2v) is 12.2. The van der Waals surface area contributed by atoms with Crippen LogP contribution in [0.15, 0.2) is 125 Å². The molecule has 5 aromatic rings. The van der Waals surface area contributed by atoms with Crippen LogP contribution in [0, 0.1) is 11.2 Å². The molecule has 2 atom stereocenters. The van der Waals surface area contributed by atoms with Crippen LogP contribution in [0.4, 0.5) is 14.9 Å². The summed E-state index contributed by atoms with van der Waals surface area (Å²) in [6.45, 7) is 3.20. The molecule has 1 aliphatic rings. The second kappa shape index (κ2) is 15.1. The molecule has 13 nitrogen and oxygen atoms in total. The zero-order valence-electron chi connectivity index (χ0n) is 28.6. The van der Waals surface area contributed by atoms with Crippen molar-refractivity contribution in [2.24, 2.45) is 5.41 Å². The number of ether oxygens (including phenoxy) is 1. The van der Waals surface area contributed by atoms with E-state index in [2.05, 4.69) is 27.2 Å². The van der Waals surface area contributed by atoms with E-state index >= 15 is 0 Å². The molecule has 0 saturated heterocycles. The van der Waals surface area contributed by atoms with Gasteiger partial charge in [-0.15, -0.1) is 6.58 Å². The molecule has 2 aromatic heterocycles. The van der Waals surface area contributed by atoms with E-state index in [1.807, 2.05) is 6.07 Å². The zero-order chi connectivity index (χ0) is 37.7. The van der Waals surface area contributed by atoms with Gasteiger partial charge in [0, 0.05) is 25.2 Å². The highest BCUT2D eigenvalue weighted by molar-refractivity contribution is 6.03. The Balaban J connectivity index is 1.26. The molecule has 0 radical (unpaired) electrons. The van der Waals surface area contributed by atoms with Crippen molar-refractivity contribution in [3.63, 3.8) is 0 Å². The molecule has 1 aliphatic carbocycles. The van der Waals surface area contributed by atoms with Crippen LogP contribution >= 0.6 is 0 Å². The van der Waals surface area contributed by atoms with Crippen molar-refractivity contribution >= 4 is 40.5 Å². The molecule has 0 bridgehead atoms. The quantitative estimate of drug-likeness (QED) is 0.136. The van der Waals surface area contributed by atoms with Gasteiger partial charge in [0.2, 0.25) is 11.7 Å². The first kappa shape index (κ1) is 35.9. The number of nitrogens with one attached hydrogen (secondary N) is 2. The van der Waals surface area contributed by atoms with Crippen LogP contribution in [0.2, 0.25) is 0 Å². The summed E-state index contributed by atoms with van der Waals surface area (Å²) in [5, 5.41) is 5.17. The molecule has 2 heterocycles. The standard InChI is InChI=1S/C39H33FN6O7/c1-4-39(33(48)35-42-28-20-26(36(49)45(2)3)15-18-30(28)53-35)19-9-8-12-31(39)44-32(47)22-46-34(25-13-16-27(40)17-14-25)41-21-29(37(46)50)43-38(51)52-23-24-10-6-5-7-11-24/h4-21,31H,1,22-23H2,2-3H3,(H,43,51)(H,44,47). The lowest BCUT2D eigenvalue weighted by molar-refractivity contribution is -0.122. The summed E-state index contributed by atoms with van der Waals surface area (Å²) in [6.07, 6.45) is 7.93. The number of carbonyl (C=O) groups is 4. The maximum Gasteiger partial charge on any atom is 0.412 e. The van der Waals surface area contributed by atoms with Crippen molar-refractivity contribution in [3.8, 4) is 11.4 Å². The van der Waals surface area contributed by atoms with Gasteiger partial charge in [-0.1, -0.05) is 60.7 Å². The third-order valence-electron chi connectivity index (χ3n) is 8.48. The Morgan fingerprint density at radius 1 is 1.06 bits per heavy atom. The maximum absolute atomic E-state index is 14.1. The third-order valence-corrected chi connectivity index (χ3v) is 8.48. The summed E-state index contributed by atoms with van der Waals surface area (Å²) in [7, 11) is 3.23. The van der Waals surface area contributed by atoms with Crippen molar-refractivity contribution in [1.82, 2.24) is 24.8 Å². The van der Waals surface area contributed by atoms with Gasteiger partial charge in [-0.2, -0.15) is 0 Å². The number of halogens is 1. The molecule has 3 aromatic carbocycles. The molecule has 2 unspecified atom stereocenters. The van der Waals surface area contributed by atoms with Gasteiger partial charge in [0.05, 0.1) is 17.7 Å². The lowest BCUT2D eigenvalue weighted by atomic mass is 9.73. The van der Waals surface area contributed by atoms with Crippen LogP contribution in [-0.4, -0.2) is 63.3 Å². The SMILES string of the molecule is C=CC1(C(=O)c2nc3cc(C(=O)N(C)C)ccc3o2)C=CC=CC1NC(=O)Cn1c(-c2ccc(F)cc2)ncc(NC(=O)OCc2ccccc2)c1=O. The number of carbonyl (C=O) groups excluding carboxylic acids is 4. The van der Waals surface area contributed by atoms with Crippen LogP contribution in [0.5, 0.6) is 0 Å². The Hall–Kier alpha value is -6.96. The Kier molecular flexibility index (Phi) is 10.2. The minimum atomic E-state index is -1.57. The topological polar surface area (TPSA) is 166 Å². The van der Waals surface area contributed by atoms with Gasteiger partial charge in [0.25, 0.3) is 17.4 Å². The highest BCUT2D eigenvalue weighted by Crippen LogP contribution is 2.35. The predicted molar refractivity (Wildman–Crippen MR) is 193 cm³/mol. The molecular weight excluding hydrogens is 683 g/mol. The van der Waals surface area contributed by atoms with Crippen molar-refractivity contribution in [3.05, 3.63) is 149 Å². The summed E-state index contributed by atoms with van der Waals surface area (Å²) in [6, 6.07) is 17.7. The van der Waals surface area contributed by atoms with Crippen molar-refractivity contribution < 1.29 is 32.7 Å². The highest BCUT2D eigenvalue weighted by atomic mass is 19.1. The number of fused-ring (bicyclic) bond motifs is 1. The molecular formula is C39H33FN6O7. The van der Waals surface area contributed by atoms with Crippen LogP contribution in [0.1, 0.15) is 26.6 Å². The van der Waals surface area contributed by atoms with Gasteiger partial charge in [0.1, 0.15) is 36.0 Å². The number of nitrogens with zero attached hydrogens (tertiary/aromatic N) is 4. The van der Waals surface area contributed by atoms with Crippen molar-refractivity contribution in [2.45, 2.75) is 19.2 Å². The Morgan fingerprint density at radius 3 is 2.53 bits per heavy atom. The normalized spacial score (nSPS) is 16.2. The molecule has 6 rings (SSSR count). The second-order valence-electron chi connectivity index (χ2n) is 12.2. The van der Waals surface area contributed by atoms with Crippen LogP contribution < -0.4 is 16.2 Å². The zero-order valence-corrected chi connectivity index (χ0v) is 28.6. The Bertz CT molecular complexity index is 2350. The van der Waals surface area contributed by atoms with Crippen LogP contribution in [0.25, 0.3) is 22.5 Å². The monoisotopic (exact) mass is 716 g/mol. The van der Waals surface area contributed by atoms with E-state index in [0.29, 0.717) is 11.1 Å². The predicted octanol–water partition coefficient (Wildman–Crippen LogP) is 5.31. The minimum absolute atomic E-state index is 0.0112. The number of oxazole rings is 1. The smallest absolute Gasteiger partial charge is 0.412 e. The molecule has 3 amide bonds. The number of hydrogen-bond donors (Lipinski definition) is 2. The van der Waals surface area contributed by atoms with Crippen molar-refractivity contribution in [1.29, 1.82) is 0 Å². The lowest BCUT2D eigenvalue weighted by Crippen LogP contribution is -2.51. The summed E-state index contributed by atoms with van der Waals surface area (Å²) >= 11 is 0. The minimum Gasteiger partial charge on any atom is -0.444 e. The number of benzene rings is 3. The first-order valence-electron chi connectivity index (χ1n) is 16.3. The van der Waals surface area contributed by atoms with Crippen molar-refractivity contribution in [2.75, 3.05) is 19.4 Å². The van der Waals surface area contributed by atoms with E-state index in [1.165, 1.54) is 41.3 Å². The lowest BCUT2D eigenvalue weighted by Gasteiger charge is -2.34. The van der Waals surface area contributed by atoms with Gasteiger partial charge in [-0.25, -0.2) is 19.2 Å². The summed E-state index contributed by atoms with van der Waals surface area (Å²) in [4.78, 5) is 76.9. The average molecular weight is 717 g/mol. The Labute approximate surface area is 302 Å². The number of rotatable bonds is 11. The van der Waals surface area contributed by atoms with Crippen LogP contribution in [-0.2, 0) is 22.7 Å². The number of amides is 3. The number of ketones is 1. The van der Waals surface area contributed by atoms with E-state index in [0.717, 1.165) is 16.3 Å². The fraction of sp³-hybridized carbons (Fsp3) is 0.154. The highest BCUT2D eigenvalue weighted by Gasteiger charge is 2.44. The number of Topliss-reactive ketones (excluding diaryl/α,β-unsaturated/α-hetero) is 1. The Morgan fingerprint density at radius 2 is 1.81 bits per heavy atom. The average Bonchev–Trinajstić information content (AvgIpc) is 3.60. The first-order chi connectivity index (χ1) is 25.5. The van der Waals surface area contributed by atoms with Gasteiger partial charge < -0.3 is 19.4 Å². The molecule has 14 heteroatoms. The molecule has 0 spiro atoms. The van der Waals surface area contributed by atoms with E-state index in [1.54, 1.807) is 74.8 Å². The van der Waals surface area contributed by atoms with E-state index in [9.17, 15) is 28.4 Å². The number of hydrogen-bond acceptors (Lipinski definition) is 9. The number of aromatic nitrogens is 3. The van der Waals surface area contributed by atoms with Gasteiger partial charge in [-0.05, 0) is 48.0 Å². The molecule has 0 fully saturated rings. The summed E-state index contributed by atoms with van der Waals surface area (Å²) < 4.78 is 25.9. The van der Waals surface area contributed by atoms with E-state index in [4.69, 9.17) is 9.15 Å². The van der Waals surface area contributed by atoms with Gasteiger partial charge in [-0.3, -0.25) is 29.1 Å². The largest absolute Gasteiger partial charge is 0.444 e. The number of anilines is 1. The molecule has 2 N–H and O–H groups in total. The molecule has 0 saturated carbocycles. The van der Waals surface area contributed by atoms with Gasteiger partial charge in [0.15, 0.2) is 5.58 Å².